The van der Waals surface area contributed by atoms with Gasteiger partial charge in [0, 0.05) is 18.9 Å². The van der Waals surface area contributed by atoms with E-state index in [0.29, 0.717) is 0 Å². The molecule has 1 aromatic carbocycles. The molecule has 0 saturated heterocycles. The van der Waals surface area contributed by atoms with Crippen LogP contribution in [0.25, 0.3) is 11.0 Å². The number of aromatic nitrogens is 2. The van der Waals surface area contributed by atoms with Crippen LogP contribution in [0.3, 0.4) is 0 Å². The van der Waals surface area contributed by atoms with Crippen molar-refractivity contribution in [2.75, 3.05) is 12.4 Å². The second-order valence-corrected chi connectivity index (χ2v) is 2.96. The smallest absolute Gasteiger partial charge is 0.0910 e. The van der Waals surface area contributed by atoms with Crippen molar-refractivity contribution in [3.63, 3.8) is 0 Å². The molecule has 0 saturated carbocycles. The van der Waals surface area contributed by atoms with Gasteiger partial charge in [-0.1, -0.05) is 0 Å². The van der Waals surface area contributed by atoms with E-state index in [1.807, 2.05) is 32.2 Å². The number of aryl methyl sites for hydroxylation is 1. The molecule has 3 heteroatoms. The summed E-state index contributed by atoms with van der Waals surface area (Å²) in [4.78, 5) is 8.65. The monoisotopic (exact) mass is 173 g/mol. The number of hydrogen-bond donors (Lipinski definition) is 1. The summed E-state index contributed by atoms with van der Waals surface area (Å²) in [6, 6.07) is 5.95. The molecule has 3 nitrogen and oxygen atoms in total. The van der Waals surface area contributed by atoms with Crippen LogP contribution in [0.5, 0.6) is 0 Å². The fourth-order valence-electron chi connectivity index (χ4n) is 1.26. The molecular weight excluding hydrogens is 162 g/mol. The van der Waals surface area contributed by atoms with Crippen molar-refractivity contribution in [3.8, 4) is 0 Å². The van der Waals surface area contributed by atoms with Crippen LogP contribution < -0.4 is 5.32 Å². The average Bonchev–Trinajstić information content (AvgIpc) is 2.16. The Bertz CT molecular complexity index is 437. The molecule has 0 fully saturated rings. The van der Waals surface area contributed by atoms with Crippen LogP contribution in [-0.4, -0.2) is 17.0 Å². The Kier molecular flexibility index (Phi) is 1.85. The van der Waals surface area contributed by atoms with Gasteiger partial charge in [-0.05, 0) is 25.1 Å². The SMILES string of the molecule is CNc1ccc2ncc(C)nc2c1. The van der Waals surface area contributed by atoms with Crippen molar-refractivity contribution in [2.24, 2.45) is 0 Å². The Hall–Kier alpha value is -1.64. The molecule has 13 heavy (non-hydrogen) atoms. The summed E-state index contributed by atoms with van der Waals surface area (Å²) < 4.78 is 0. The normalized spacial score (nSPS) is 10.3. The number of nitrogens with zero attached hydrogens (tertiary/aromatic N) is 2. The van der Waals surface area contributed by atoms with Gasteiger partial charge in [0.05, 0.1) is 16.7 Å². The third-order valence-electron chi connectivity index (χ3n) is 1.95. The fourth-order valence-corrected chi connectivity index (χ4v) is 1.26. The Morgan fingerprint density at radius 2 is 2.08 bits per heavy atom. The van der Waals surface area contributed by atoms with Crippen molar-refractivity contribution >= 4 is 16.7 Å². The molecule has 0 bridgehead atoms. The maximum absolute atomic E-state index is 4.38. The van der Waals surface area contributed by atoms with Crippen LogP contribution in [0.1, 0.15) is 5.69 Å². The molecule has 1 heterocycles. The minimum atomic E-state index is 0.935. The summed E-state index contributed by atoms with van der Waals surface area (Å²) in [6.07, 6.45) is 1.78. The number of benzene rings is 1. The third-order valence-corrected chi connectivity index (χ3v) is 1.95. The zero-order valence-electron chi connectivity index (χ0n) is 7.70. The van der Waals surface area contributed by atoms with Crippen molar-refractivity contribution in [1.82, 2.24) is 9.97 Å². The first-order chi connectivity index (χ1) is 6.29. The quantitative estimate of drug-likeness (QED) is 0.716. The molecule has 1 aromatic heterocycles. The van der Waals surface area contributed by atoms with E-state index in [4.69, 9.17) is 0 Å². The predicted molar refractivity (Wildman–Crippen MR) is 53.8 cm³/mol. The van der Waals surface area contributed by atoms with E-state index >= 15 is 0 Å². The van der Waals surface area contributed by atoms with Crippen LogP contribution in [-0.2, 0) is 0 Å². The standard InChI is InChI=1S/C10H11N3/c1-7-6-12-9-4-3-8(11-2)5-10(9)13-7/h3-6,11H,1-2H3. The molecule has 2 aromatic rings. The van der Waals surface area contributed by atoms with Gasteiger partial charge in [0.1, 0.15) is 0 Å². The van der Waals surface area contributed by atoms with E-state index in [1.165, 1.54) is 0 Å². The molecule has 0 aliphatic rings. The van der Waals surface area contributed by atoms with Gasteiger partial charge >= 0.3 is 0 Å². The summed E-state index contributed by atoms with van der Waals surface area (Å²) in [5.41, 5.74) is 3.88. The summed E-state index contributed by atoms with van der Waals surface area (Å²) in [7, 11) is 1.89. The van der Waals surface area contributed by atoms with Gasteiger partial charge in [-0.2, -0.15) is 0 Å². The number of fused-ring (bicyclic) bond motifs is 1. The third kappa shape index (κ3) is 1.45. The van der Waals surface area contributed by atoms with Crippen LogP contribution in [0.4, 0.5) is 5.69 Å². The van der Waals surface area contributed by atoms with Crippen molar-refractivity contribution < 1.29 is 0 Å². The molecular formula is C10H11N3. The highest BCUT2D eigenvalue weighted by Crippen LogP contribution is 2.14. The van der Waals surface area contributed by atoms with Gasteiger partial charge in [0.2, 0.25) is 0 Å². The lowest BCUT2D eigenvalue weighted by Crippen LogP contribution is -1.91. The predicted octanol–water partition coefficient (Wildman–Crippen LogP) is 1.98. The van der Waals surface area contributed by atoms with Gasteiger partial charge in [-0.15, -0.1) is 0 Å². The molecule has 66 valence electrons. The zero-order valence-corrected chi connectivity index (χ0v) is 7.70. The van der Waals surface area contributed by atoms with Gasteiger partial charge < -0.3 is 5.32 Å². The van der Waals surface area contributed by atoms with Crippen LogP contribution in [0, 0.1) is 6.92 Å². The second kappa shape index (κ2) is 3.01. The molecule has 2 rings (SSSR count). The largest absolute Gasteiger partial charge is 0.388 e. The maximum atomic E-state index is 4.38. The first kappa shape index (κ1) is 7.98. The summed E-state index contributed by atoms with van der Waals surface area (Å²) in [6.45, 7) is 1.94. The van der Waals surface area contributed by atoms with E-state index in [9.17, 15) is 0 Å². The van der Waals surface area contributed by atoms with Crippen molar-refractivity contribution in [2.45, 2.75) is 6.92 Å². The lowest BCUT2D eigenvalue weighted by atomic mass is 10.2. The van der Waals surface area contributed by atoms with Gasteiger partial charge in [0.15, 0.2) is 0 Å². The van der Waals surface area contributed by atoms with Crippen molar-refractivity contribution in [3.05, 3.63) is 30.1 Å². The first-order valence-corrected chi connectivity index (χ1v) is 4.21. The van der Waals surface area contributed by atoms with Gasteiger partial charge in [0.25, 0.3) is 0 Å². The van der Waals surface area contributed by atoms with Gasteiger partial charge in [-0.3, -0.25) is 4.98 Å². The highest BCUT2D eigenvalue weighted by Gasteiger charge is 1.97. The Balaban J connectivity index is 2.68. The minimum absolute atomic E-state index is 0.935. The minimum Gasteiger partial charge on any atom is -0.388 e. The number of anilines is 1. The van der Waals surface area contributed by atoms with Crippen LogP contribution >= 0.6 is 0 Å². The second-order valence-electron chi connectivity index (χ2n) is 2.96. The van der Waals surface area contributed by atoms with E-state index in [1.54, 1.807) is 6.20 Å². The zero-order chi connectivity index (χ0) is 9.26. The molecule has 1 N–H and O–H groups in total. The number of rotatable bonds is 1. The Morgan fingerprint density at radius 1 is 1.23 bits per heavy atom. The van der Waals surface area contributed by atoms with E-state index in [2.05, 4.69) is 15.3 Å². The highest BCUT2D eigenvalue weighted by molar-refractivity contribution is 5.78. The molecule has 0 unspecified atom stereocenters. The van der Waals surface area contributed by atoms with E-state index in [-0.39, 0.29) is 0 Å². The first-order valence-electron chi connectivity index (χ1n) is 4.21. The van der Waals surface area contributed by atoms with Crippen molar-refractivity contribution in [1.29, 1.82) is 0 Å². The van der Waals surface area contributed by atoms with Crippen LogP contribution in [0.2, 0.25) is 0 Å². The van der Waals surface area contributed by atoms with E-state index < -0.39 is 0 Å². The summed E-state index contributed by atoms with van der Waals surface area (Å²) >= 11 is 0. The highest BCUT2D eigenvalue weighted by atomic mass is 14.8. The average molecular weight is 173 g/mol. The maximum Gasteiger partial charge on any atom is 0.0910 e. The van der Waals surface area contributed by atoms with Gasteiger partial charge in [-0.25, -0.2) is 4.98 Å². The summed E-state index contributed by atoms with van der Waals surface area (Å²) in [5.74, 6) is 0. The number of nitrogens with one attached hydrogen (secondary N) is 1. The number of hydrogen-bond acceptors (Lipinski definition) is 3. The molecule has 0 atom stereocenters. The molecule has 0 spiro atoms. The molecule has 0 aliphatic heterocycles. The Morgan fingerprint density at radius 3 is 2.85 bits per heavy atom. The Labute approximate surface area is 76.8 Å². The molecule has 0 aliphatic carbocycles. The van der Waals surface area contributed by atoms with E-state index in [0.717, 1.165) is 22.4 Å². The molecule has 0 radical (unpaired) electrons. The summed E-state index contributed by atoms with van der Waals surface area (Å²) in [5, 5.41) is 3.07. The topological polar surface area (TPSA) is 37.8 Å². The van der Waals surface area contributed by atoms with Crippen LogP contribution in [0.15, 0.2) is 24.4 Å². The lowest BCUT2D eigenvalue weighted by Gasteiger charge is -2.01. The molecule has 0 amide bonds. The fraction of sp³-hybridized carbons (Fsp3) is 0.200. The lowest BCUT2D eigenvalue weighted by molar-refractivity contribution is 1.18.